The molecule has 0 bridgehead atoms. The first-order valence-corrected chi connectivity index (χ1v) is 7.56. The van der Waals surface area contributed by atoms with Crippen LogP contribution in [0.1, 0.15) is 37.4 Å². The Kier molecular flexibility index (Phi) is 2.98. The molecule has 23 heavy (non-hydrogen) atoms. The first kappa shape index (κ1) is 13.6. The summed E-state index contributed by atoms with van der Waals surface area (Å²) in [6.07, 6.45) is 0. The van der Waals surface area contributed by atoms with Gasteiger partial charge in [-0.2, -0.15) is 0 Å². The predicted molar refractivity (Wildman–Crippen MR) is 89.9 cm³/mol. The largest absolute Gasteiger partial charge is 0.289 e. The normalized spacial score (nSPS) is 12.7. The SMILES string of the molecule is Cc1ccccc1-c1cccc2c1C(=O)c1ccccc1C2=O. The smallest absolute Gasteiger partial charge is 0.195 e. The van der Waals surface area contributed by atoms with E-state index in [2.05, 4.69) is 0 Å². The van der Waals surface area contributed by atoms with Crippen molar-refractivity contribution in [3.63, 3.8) is 0 Å². The van der Waals surface area contributed by atoms with Crippen molar-refractivity contribution in [1.29, 1.82) is 0 Å². The molecular weight excluding hydrogens is 284 g/mol. The number of carbonyl (C=O) groups excluding carboxylic acids is 2. The Bertz CT molecular complexity index is 967. The lowest BCUT2D eigenvalue weighted by Crippen LogP contribution is -2.21. The monoisotopic (exact) mass is 298 g/mol. The Morgan fingerprint density at radius 2 is 1.04 bits per heavy atom. The molecular formula is C21H14O2. The summed E-state index contributed by atoms with van der Waals surface area (Å²) in [4.78, 5) is 25.8. The van der Waals surface area contributed by atoms with Crippen LogP contribution in [0.25, 0.3) is 11.1 Å². The molecule has 0 fully saturated rings. The van der Waals surface area contributed by atoms with Crippen LogP contribution in [-0.4, -0.2) is 11.6 Å². The molecule has 0 radical (unpaired) electrons. The fourth-order valence-electron chi connectivity index (χ4n) is 3.24. The second-order valence-electron chi connectivity index (χ2n) is 5.75. The maximum Gasteiger partial charge on any atom is 0.195 e. The Morgan fingerprint density at radius 1 is 0.522 bits per heavy atom. The number of rotatable bonds is 1. The van der Waals surface area contributed by atoms with E-state index in [0.717, 1.165) is 16.7 Å². The summed E-state index contributed by atoms with van der Waals surface area (Å²) < 4.78 is 0. The molecule has 4 rings (SSSR count). The number of hydrogen-bond acceptors (Lipinski definition) is 2. The van der Waals surface area contributed by atoms with Gasteiger partial charge in [-0.25, -0.2) is 0 Å². The first-order valence-electron chi connectivity index (χ1n) is 7.56. The molecule has 0 heterocycles. The van der Waals surface area contributed by atoms with E-state index in [0.29, 0.717) is 22.3 Å². The lowest BCUT2D eigenvalue weighted by Gasteiger charge is -2.20. The van der Waals surface area contributed by atoms with Crippen molar-refractivity contribution in [3.05, 3.63) is 94.5 Å². The Labute approximate surface area is 134 Å². The van der Waals surface area contributed by atoms with Gasteiger partial charge in [-0.05, 0) is 23.6 Å². The molecule has 2 nitrogen and oxygen atoms in total. The maximum atomic E-state index is 13.0. The number of hydrogen-bond donors (Lipinski definition) is 0. The third-order valence-electron chi connectivity index (χ3n) is 4.39. The molecule has 0 saturated heterocycles. The van der Waals surface area contributed by atoms with Gasteiger partial charge in [0.2, 0.25) is 0 Å². The average Bonchev–Trinajstić information content (AvgIpc) is 2.59. The summed E-state index contributed by atoms with van der Waals surface area (Å²) in [5.41, 5.74) is 4.90. The third-order valence-corrected chi connectivity index (χ3v) is 4.39. The van der Waals surface area contributed by atoms with Crippen molar-refractivity contribution in [1.82, 2.24) is 0 Å². The van der Waals surface area contributed by atoms with Crippen LogP contribution in [-0.2, 0) is 0 Å². The summed E-state index contributed by atoms with van der Waals surface area (Å²) in [5, 5.41) is 0. The number of aryl methyl sites for hydroxylation is 1. The molecule has 3 aromatic rings. The van der Waals surface area contributed by atoms with Gasteiger partial charge < -0.3 is 0 Å². The van der Waals surface area contributed by atoms with Crippen LogP contribution >= 0.6 is 0 Å². The van der Waals surface area contributed by atoms with Crippen molar-refractivity contribution in [2.24, 2.45) is 0 Å². The van der Waals surface area contributed by atoms with Gasteiger partial charge in [-0.1, -0.05) is 66.7 Å². The quantitative estimate of drug-likeness (QED) is 0.520. The molecule has 0 spiro atoms. The van der Waals surface area contributed by atoms with E-state index in [1.807, 2.05) is 43.3 Å². The highest BCUT2D eigenvalue weighted by Gasteiger charge is 2.31. The summed E-state index contributed by atoms with van der Waals surface area (Å²) >= 11 is 0. The molecule has 0 saturated carbocycles. The number of carbonyl (C=O) groups is 2. The fourth-order valence-corrected chi connectivity index (χ4v) is 3.24. The highest BCUT2D eigenvalue weighted by molar-refractivity contribution is 6.30. The van der Waals surface area contributed by atoms with Gasteiger partial charge in [0.25, 0.3) is 0 Å². The van der Waals surface area contributed by atoms with Crippen LogP contribution in [0.4, 0.5) is 0 Å². The van der Waals surface area contributed by atoms with Gasteiger partial charge in [0.1, 0.15) is 0 Å². The minimum atomic E-state index is -0.0781. The van der Waals surface area contributed by atoms with Crippen LogP contribution < -0.4 is 0 Å². The molecule has 0 aromatic heterocycles. The summed E-state index contributed by atoms with van der Waals surface area (Å²) in [7, 11) is 0. The second kappa shape index (κ2) is 5.03. The molecule has 1 aliphatic rings. The van der Waals surface area contributed by atoms with E-state index in [-0.39, 0.29) is 11.6 Å². The topological polar surface area (TPSA) is 34.1 Å². The number of fused-ring (bicyclic) bond motifs is 2. The molecule has 110 valence electrons. The van der Waals surface area contributed by atoms with Crippen molar-refractivity contribution >= 4 is 11.6 Å². The molecule has 0 aliphatic heterocycles. The van der Waals surface area contributed by atoms with E-state index < -0.39 is 0 Å². The van der Waals surface area contributed by atoms with Gasteiger partial charge >= 0.3 is 0 Å². The lowest BCUT2D eigenvalue weighted by atomic mass is 9.80. The van der Waals surface area contributed by atoms with Gasteiger partial charge in [0.15, 0.2) is 11.6 Å². The average molecular weight is 298 g/mol. The van der Waals surface area contributed by atoms with Gasteiger partial charge in [-0.3, -0.25) is 9.59 Å². The standard InChI is InChI=1S/C21H14O2/c1-13-7-2-3-8-14(13)15-11-6-12-18-19(15)21(23)17-10-5-4-9-16(17)20(18)22/h2-12H,1H3. The van der Waals surface area contributed by atoms with Crippen LogP contribution in [0, 0.1) is 6.92 Å². The molecule has 0 N–H and O–H groups in total. The molecule has 0 amide bonds. The molecule has 0 atom stereocenters. The zero-order valence-corrected chi connectivity index (χ0v) is 12.7. The molecule has 3 aromatic carbocycles. The minimum Gasteiger partial charge on any atom is -0.289 e. The Hall–Kier alpha value is -3.00. The summed E-state index contributed by atoms with van der Waals surface area (Å²) in [6, 6.07) is 20.5. The lowest BCUT2D eigenvalue weighted by molar-refractivity contribution is 0.0979. The van der Waals surface area contributed by atoms with Crippen LogP contribution in [0.5, 0.6) is 0 Å². The van der Waals surface area contributed by atoms with Crippen LogP contribution in [0.3, 0.4) is 0 Å². The molecule has 1 aliphatic carbocycles. The molecule has 0 unspecified atom stereocenters. The predicted octanol–water partition coefficient (Wildman–Crippen LogP) is 4.44. The van der Waals surface area contributed by atoms with E-state index in [4.69, 9.17) is 0 Å². The number of benzene rings is 3. The van der Waals surface area contributed by atoms with E-state index >= 15 is 0 Å². The second-order valence-corrected chi connectivity index (χ2v) is 5.75. The van der Waals surface area contributed by atoms with E-state index in [1.54, 1.807) is 30.3 Å². The highest BCUT2D eigenvalue weighted by Crippen LogP contribution is 2.35. The maximum absolute atomic E-state index is 13.0. The van der Waals surface area contributed by atoms with Crippen molar-refractivity contribution < 1.29 is 9.59 Å². The third kappa shape index (κ3) is 1.95. The minimum absolute atomic E-state index is 0.0750. The van der Waals surface area contributed by atoms with E-state index in [1.165, 1.54) is 0 Å². The summed E-state index contributed by atoms with van der Waals surface area (Å²) in [5.74, 6) is -0.153. The van der Waals surface area contributed by atoms with Crippen LogP contribution in [0.2, 0.25) is 0 Å². The fraction of sp³-hybridized carbons (Fsp3) is 0.0476. The summed E-state index contributed by atoms with van der Waals surface area (Å²) in [6.45, 7) is 2.01. The number of ketones is 2. The first-order chi connectivity index (χ1) is 11.2. The van der Waals surface area contributed by atoms with Crippen LogP contribution in [0.15, 0.2) is 66.7 Å². The Morgan fingerprint density at radius 3 is 1.74 bits per heavy atom. The van der Waals surface area contributed by atoms with Crippen molar-refractivity contribution in [3.8, 4) is 11.1 Å². The van der Waals surface area contributed by atoms with E-state index in [9.17, 15) is 9.59 Å². The van der Waals surface area contributed by atoms with Gasteiger partial charge in [-0.15, -0.1) is 0 Å². The van der Waals surface area contributed by atoms with Crippen molar-refractivity contribution in [2.45, 2.75) is 6.92 Å². The Balaban J connectivity index is 2.03. The zero-order valence-electron chi connectivity index (χ0n) is 12.7. The molecule has 2 heteroatoms. The van der Waals surface area contributed by atoms with Crippen molar-refractivity contribution in [2.75, 3.05) is 0 Å². The zero-order chi connectivity index (χ0) is 16.0. The highest BCUT2D eigenvalue weighted by atomic mass is 16.1. The van der Waals surface area contributed by atoms with Gasteiger partial charge in [0, 0.05) is 22.3 Å². The van der Waals surface area contributed by atoms with Gasteiger partial charge in [0.05, 0.1) is 0 Å².